The van der Waals surface area contributed by atoms with Crippen LogP contribution in [0.15, 0.2) is 53.0 Å². The zero-order valence-corrected chi connectivity index (χ0v) is 14.3. The lowest BCUT2D eigenvalue weighted by atomic mass is 10.1. The third kappa shape index (κ3) is 2.78. The van der Waals surface area contributed by atoms with E-state index in [-0.39, 0.29) is 0 Å². The number of nitriles is 1. The highest BCUT2D eigenvalue weighted by molar-refractivity contribution is 9.10. The topological polar surface area (TPSA) is 39.6 Å². The predicted molar refractivity (Wildman–Crippen MR) is 94.1 cm³/mol. The van der Waals surface area contributed by atoms with Gasteiger partial charge in [0.05, 0.1) is 10.2 Å². The molecule has 3 aromatic rings. The van der Waals surface area contributed by atoms with E-state index in [0.29, 0.717) is 15.7 Å². The number of hydrogen-bond donors (Lipinski definition) is 1. The first-order chi connectivity index (χ1) is 10.6. The van der Waals surface area contributed by atoms with Gasteiger partial charge in [-0.25, -0.2) is 0 Å². The van der Waals surface area contributed by atoms with Crippen molar-refractivity contribution >= 4 is 39.1 Å². The number of halogens is 3. The van der Waals surface area contributed by atoms with Crippen LogP contribution in [0.1, 0.15) is 5.69 Å². The van der Waals surface area contributed by atoms with E-state index < -0.39 is 0 Å². The summed E-state index contributed by atoms with van der Waals surface area (Å²) in [4.78, 5) is 3.16. The molecular formula is C17H9BrCl2N2. The Labute approximate surface area is 146 Å². The zero-order chi connectivity index (χ0) is 15.7. The first kappa shape index (κ1) is 15.2. The predicted octanol–water partition coefficient (Wildman–Crippen LogP) is 6.29. The standard InChI is InChI=1S/C17H9BrCl2N2/c18-16-15(10-1-5-12(19)6-2-10)14(9-21)22-17(16)11-3-7-13(20)8-4-11/h1-8,22H. The second-order valence-corrected chi connectivity index (χ2v) is 6.36. The van der Waals surface area contributed by atoms with Crippen molar-refractivity contribution in [2.75, 3.05) is 0 Å². The van der Waals surface area contributed by atoms with Crippen LogP contribution in [0.5, 0.6) is 0 Å². The smallest absolute Gasteiger partial charge is 0.127 e. The lowest BCUT2D eigenvalue weighted by Crippen LogP contribution is -1.80. The largest absolute Gasteiger partial charge is 0.345 e. The average molecular weight is 392 g/mol. The first-order valence-corrected chi connectivity index (χ1v) is 7.98. The van der Waals surface area contributed by atoms with E-state index in [0.717, 1.165) is 26.9 Å². The molecule has 0 aliphatic heterocycles. The number of aromatic amines is 1. The minimum atomic E-state index is 0.499. The molecule has 5 heteroatoms. The van der Waals surface area contributed by atoms with E-state index in [1.165, 1.54) is 0 Å². The summed E-state index contributed by atoms with van der Waals surface area (Å²) in [6.07, 6.45) is 0. The molecule has 0 atom stereocenters. The summed E-state index contributed by atoms with van der Waals surface area (Å²) in [6, 6.07) is 17.1. The SMILES string of the molecule is N#Cc1[nH]c(-c2ccc(Cl)cc2)c(Br)c1-c1ccc(Cl)cc1. The molecule has 0 bridgehead atoms. The molecule has 3 rings (SSSR count). The van der Waals surface area contributed by atoms with Crippen LogP contribution in [0.2, 0.25) is 10.0 Å². The second kappa shape index (κ2) is 6.18. The van der Waals surface area contributed by atoms with Crippen molar-refractivity contribution in [3.05, 3.63) is 68.7 Å². The highest BCUT2D eigenvalue weighted by Gasteiger charge is 2.18. The van der Waals surface area contributed by atoms with Gasteiger partial charge in [-0.3, -0.25) is 0 Å². The van der Waals surface area contributed by atoms with E-state index in [4.69, 9.17) is 23.2 Å². The molecule has 0 radical (unpaired) electrons. The Hall–Kier alpha value is -1.73. The summed E-state index contributed by atoms with van der Waals surface area (Å²) in [6.45, 7) is 0. The Morgan fingerprint density at radius 3 is 1.86 bits per heavy atom. The van der Waals surface area contributed by atoms with Gasteiger partial charge < -0.3 is 4.98 Å². The fourth-order valence-corrected chi connectivity index (χ4v) is 3.27. The summed E-state index contributed by atoms with van der Waals surface area (Å²) in [7, 11) is 0. The molecule has 0 aliphatic rings. The van der Waals surface area contributed by atoms with Gasteiger partial charge in [-0.1, -0.05) is 47.5 Å². The van der Waals surface area contributed by atoms with Crippen LogP contribution in [0.3, 0.4) is 0 Å². The lowest BCUT2D eigenvalue weighted by molar-refractivity contribution is 1.33. The van der Waals surface area contributed by atoms with Gasteiger partial charge in [-0.2, -0.15) is 5.26 Å². The van der Waals surface area contributed by atoms with Crippen molar-refractivity contribution in [2.45, 2.75) is 0 Å². The minimum absolute atomic E-state index is 0.499. The summed E-state index contributed by atoms with van der Waals surface area (Å²) < 4.78 is 0.841. The number of H-pyrrole nitrogens is 1. The lowest BCUT2D eigenvalue weighted by Gasteiger charge is -2.02. The summed E-state index contributed by atoms with van der Waals surface area (Å²) >= 11 is 15.5. The Kier molecular flexibility index (Phi) is 4.26. The Morgan fingerprint density at radius 2 is 1.36 bits per heavy atom. The second-order valence-electron chi connectivity index (χ2n) is 4.69. The van der Waals surface area contributed by atoms with Crippen molar-refractivity contribution in [1.82, 2.24) is 4.98 Å². The molecule has 1 heterocycles. The zero-order valence-electron chi connectivity index (χ0n) is 11.2. The van der Waals surface area contributed by atoms with Crippen LogP contribution in [0.4, 0.5) is 0 Å². The van der Waals surface area contributed by atoms with E-state index in [2.05, 4.69) is 27.0 Å². The first-order valence-electron chi connectivity index (χ1n) is 6.43. The number of nitrogens with zero attached hydrogens (tertiary/aromatic N) is 1. The van der Waals surface area contributed by atoms with Gasteiger partial charge in [0.1, 0.15) is 11.8 Å². The molecule has 1 aromatic heterocycles. The average Bonchev–Trinajstić information content (AvgIpc) is 2.86. The maximum Gasteiger partial charge on any atom is 0.127 e. The van der Waals surface area contributed by atoms with Gasteiger partial charge in [-0.15, -0.1) is 0 Å². The molecule has 0 aliphatic carbocycles. The van der Waals surface area contributed by atoms with Crippen LogP contribution >= 0.6 is 39.1 Å². The van der Waals surface area contributed by atoms with Crippen LogP contribution in [0, 0.1) is 11.3 Å². The van der Waals surface area contributed by atoms with Crippen LogP contribution < -0.4 is 0 Å². The minimum Gasteiger partial charge on any atom is -0.345 e. The Morgan fingerprint density at radius 1 is 0.864 bits per heavy atom. The van der Waals surface area contributed by atoms with Crippen LogP contribution in [-0.2, 0) is 0 Å². The number of aromatic nitrogens is 1. The highest BCUT2D eigenvalue weighted by atomic mass is 79.9. The molecular weight excluding hydrogens is 383 g/mol. The summed E-state index contributed by atoms with van der Waals surface area (Å²) in [5, 5.41) is 10.7. The monoisotopic (exact) mass is 390 g/mol. The number of hydrogen-bond acceptors (Lipinski definition) is 1. The number of benzene rings is 2. The van der Waals surface area contributed by atoms with Crippen LogP contribution in [-0.4, -0.2) is 4.98 Å². The summed E-state index contributed by atoms with van der Waals surface area (Å²) in [5.41, 5.74) is 4.04. The molecule has 1 N–H and O–H groups in total. The van der Waals surface area contributed by atoms with E-state index >= 15 is 0 Å². The van der Waals surface area contributed by atoms with Crippen LogP contribution in [0.25, 0.3) is 22.4 Å². The van der Waals surface area contributed by atoms with Gasteiger partial charge in [0.25, 0.3) is 0 Å². The maximum atomic E-state index is 9.41. The van der Waals surface area contributed by atoms with E-state index in [9.17, 15) is 5.26 Å². The molecule has 0 fully saturated rings. The molecule has 22 heavy (non-hydrogen) atoms. The van der Waals surface area contributed by atoms with Crippen molar-refractivity contribution < 1.29 is 0 Å². The van der Waals surface area contributed by atoms with Gasteiger partial charge in [0.15, 0.2) is 0 Å². The third-order valence-electron chi connectivity index (χ3n) is 3.32. The Bertz CT molecular complexity index is 859. The fraction of sp³-hybridized carbons (Fsp3) is 0. The third-order valence-corrected chi connectivity index (χ3v) is 4.61. The van der Waals surface area contributed by atoms with Crippen molar-refractivity contribution in [3.8, 4) is 28.5 Å². The van der Waals surface area contributed by atoms with Crippen molar-refractivity contribution in [3.63, 3.8) is 0 Å². The maximum absolute atomic E-state index is 9.41. The van der Waals surface area contributed by atoms with Gasteiger partial charge >= 0.3 is 0 Å². The summed E-state index contributed by atoms with van der Waals surface area (Å²) in [5.74, 6) is 0. The molecule has 0 amide bonds. The number of nitrogens with one attached hydrogen (secondary N) is 1. The van der Waals surface area contributed by atoms with Gasteiger partial charge in [-0.05, 0) is 51.3 Å². The normalized spacial score (nSPS) is 10.5. The molecule has 0 saturated carbocycles. The van der Waals surface area contributed by atoms with Crippen molar-refractivity contribution in [2.24, 2.45) is 0 Å². The Balaban J connectivity index is 2.18. The van der Waals surface area contributed by atoms with E-state index in [1.807, 2.05) is 36.4 Å². The molecule has 108 valence electrons. The quantitative estimate of drug-likeness (QED) is 0.547. The van der Waals surface area contributed by atoms with Gasteiger partial charge in [0, 0.05) is 15.6 Å². The molecule has 2 aromatic carbocycles. The molecule has 0 unspecified atom stereocenters. The molecule has 0 saturated heterocycles. The van der Waals surface area contributed by atoms with Crippen molar-refractivity contribution in [1.29, 1.82) is 5.26 Å². The molecule has 2 nitrogen and oxygen atoms in total. The molecule has 0 spiro atoms. The van der Waals surface area contributed by atoms with Gasteiger partial charge in [0.2, 0.25) is 0 Å². The highest BCUT2D eigenvalue weighted by Crippen LogP contribution is 2.39. The van der Waals surface area contributed by atoms with E-state index in [1.54, 1.807) is 12.1 Å². The number of rotatable bonds is 2. The fourth-order valence-electron chi connectivity index (χ4n) is 2.26.